The molecule has 4 rings (SSSR count). The van der Waals surface area contributed by atoms with Gasteiger partial charge in [-0.3, -0.25) is 4.79 Å². The highest BCUT2D eigenvalue weighted by Gasteiger charge is 2.16. The van der Waals surface area contributed by atoms with Crippen molar-refractivity contribution in [2.24, 2.45) is 0 Å². The van der Waals surface area contributed by atoms with Crippen LogP contribution in [-0.4, -0.2) is 32.2 Å². The summed E-state index contributed by atoms with van der Waals surface area (Å²) in [6.07, 6.45) is 5.28. The maximum absolute atomic E-state index is 12.6. The normalized spacial score (nSPS) is 16.8. The van der Waals surface area contributed by atoms with Crippen LogP contribution < -0.4 is 10.2 Å². The number of para-hydroxylation sites is 2. The van der Waals surface area contributed by atoms with Gasteiger partial charge in [-0.15, -0.1) is 0 Å². The number of benzene rings is 2. The highest BCUT2D eigenvalue weighted by molar-refractivity contribution is 5.95. The van der Waals surface area contributed by atoms with Crippen molar-refractivity contribution in [1.29, 1.82) is 0 Å². The number of aryl methyl sites for hydroxylation is 2. The molecule has 136 valence electrons. The Morgan fingerprint density at radius 3 is 2.62 bits per heavy atom. The van der Waals surface area contributed by atoms with Crippen LogP contribution in [0.1, 0.15) is 29.5 Å². The van der Waals surface area contributed by atoms with E-state index < -0.39 is 0 Å². The van der Waals surface area contributed by atoms with E-state index >= 15 is 0 Å². The van der Waals surface area contributed by atoms with Crippen LogP contribution in [0.4, 0.5) is 11.4 Å². The van der Waals surface area contributed by atoms with E-state index in [0.717, 1.165) is 49.7 Å². The third kappa shape index (κ3) is 3.91. The van der Waals surface area contributed by atoms with Crippen molar-refractivity contribution >= 4 is 17.3 Å². The van der Waals surface area contributed by atoms with Gasteiger partial charge in [-0.25, -0.2) is 0 Å². The molecule has 0 aromatic heterocycles. The zero-order valence-corrected chi connectivity index (χ0v) is 15.2. The fourth-order valence-corrected chi connectivity index (χ4v) is 3.94. The van der Waals surface area contributed by atoms with Crippen molar-refractivity contribution in [1.82, 2.24) is 0 Å². The number of hydrogen-bond acceptors (Lipinski definition) is 3. The smallest absolute Gasteiger partial charge is 0.228 e. The van der Waals surface area contributed by atoms with Gasteiger partial charge in [0.1, 0.15) is 0 Å². The number of ether oxygens (including phenoxy) is 1. The SMILES string of the molecule is O=C(Cc1ccc2c(c1)CCCC2)Nc1ccccc1N1CCOCC1. The zero-order chi connectivity index (χ0) is 17.8. The number of rotatable bonds is 4. The van der Waals surface area contributed by atoms with Gasteiger partial charge in [-0.05, 0) is 54.5 Å². The number of nitrogens with zero attached hydrogens (tertiary/aromatic N) is 1. The number of morpholine rings is 1. The van der Waals surface area contributed by atoms with Crippen LogP contribution in [0, 0.1) is 0 Å². The van der Waals surface area contributed by atoms with E-state index in [1.54, 1.807) is 0 Å². The number of carbonyl (C=O) groups excluding carboxylic acids is 1. The summed E-state index contributed by atoms with van der Waals surface area (Å²) in [5.74, 6) is 0.0430. The largest absolute Gasteiger partial charge is 0.378 e. The molecule has 0 atom stereocenters. The van der Waals surface area contributed by atoms with E-state index in [1.165, 1.54) is 30.4 Å². The standard InChI is InChI=1S/C22H26N2O2/c25-22(16-17-9-10-18-5-1-2-6-19(18)15-17)23-20-7-3-4-8-21(20)24-11-13-26-14-12-24/h3-4,7-10,15H,1-2,5-6,11-14,16H2,(H,23,25). The molecule has 0 saturated carbocycles. The van der Waals surface area contributed by atoms with Crippen LogP contribution >= 0.6 is 0 Å². The molecule has 0 radical (unpaired) electrons. The molecule has 2 aliphatic rings. The Labute approximate surface area is 155 Å². The van der Waals surface area contributed by atoms with Crippen molar-refractivity contribution in [2.45, 2.75) is 32.1 Å². The number of nitrogens with one attached hydrogen (secondary N) is 1. The zero-order valence-electron chi connectivity index (χ0n) is 15.2. The van der Waals surface area contributed by atoms with Gasteiger partial charge in [0, 0.05) is 13.1 Å². The molecule has 1 aliphatic carbocycles. The van der Waals surface area contributed by atoms with Crippen LogP contribution in [0.5, 0.6) is 0 Å². The van der Waals surface area contributed by atoms with E-state index in [1.807, 2.05) is 18.2 Å². The molecule has 2 aromatic rings. The third-order valence-corrected chi connectivity index (χ3v) is 5.31. The topological polar surface area (TPSA) is 41.6 Å². The van der Waals surface area contributed by atoms with Crippen molar-refractivity contribution in [3.63, 3.8) is 0 Å². The van der Waals surface area contributed by atoms with E-state index in [9.17, 15) is 4.79 Å². The molecule has 1 N–H and O–H groups in total. The van der Waals surface area contributed by atoms with Gasteiger partial charge in [-0.2, -0.15) is 0 Å². The average Bonchev–Trinajstić information content (AvgIpc) is 2.69. The molecule has 2 aromatic carbocycles. The molecule has 1 fully saturated rings. The third-order valence-electron chi connectivity index (χ3n) is 5.31. The number of anilines is 2. The predicted octanol–water partition coefficient (Wildman–Crippen LogP) is 3.58. The lowest BCUT2D eigenvalue weighted by molar-refractivity contribution is -0.115. The minimum atomic E-state index is 0.0430. The lowest BCUT2D eigenvalue weighted by atomic mass is 9.90. The number of amides is 1. The van der Waals surface area contributed by atoms with Gasteiger partial charge in [-0.1, -0.05) is 30.3 Å². The molecule has 4 heteroatoms. The lowest BCUT2D eigenvalue weighted by Gasteiger charge is -2.30. The Hall–Kier alpha value is -2.33. The molecule has 0 bridgehead atoms. The number of carbonyl (C=O) groups is 1. The molecular formula is C22H26N2O2. The Balaban J connectivity index is 1.45. The molecule has 26 heavy (non-hydrogen) atoms. The van der Waals surface area contributed by atoms with Crippen molar-refractivity contribution in [2.75, 3.05) is 36.5 Å². The first-order valence-corrected chi connectivity index (χ1v) is 9.62. The molecule has 0 unspecified atom stereocenters. The summed E-state index contributed by atoms with van der Waals surface area (Å²) in [6.45, 7) is 3.18. The van der Waals surface area contributed by atoms with Gasteiger partial charge in [0.25, 0.3) is 0 Å². The van der Waals surface area contributed by atoms with E-state index in [4.69, 9.17) is 4.74 Å². The van der Waals surface area contributed by atoms with Crippen LogP contribution in [0.25, 0.3) is 0 Å². The Morgan fingerprint density at radius 2 is 1.77 bits per heavy atom. The molecule has 1 amide bonds. The minimum absolute atomic E-state index is 0.0430. The average molecular weight is 350 g/mol. The van der Waals surface area contributed by atoms with Crippen molar-refractivity contribution in [3.8, 4) is 0 Å². The maximum atomic E-state index is 12.6. The quantitative estimate of drug-likeness (QED) is 0.916. The van der Waals surface area contributed by atoms with Crippen LogP contribution in [0.3, 0.4) is 0 Å². The van der Waals surface area contributed by atoms with Crippen LogP contribution in [0.2, 0.25) is 0 Å². The van der Waals surface area contributed by atoms with Gasteiger partial charge in [0.2, 0.25) is 5.91 Å². The summed E-state index contributed by atoms with van der Waals surface area (Å²) in [4.78, 5) is 14.9. The predicted molar refractivity (Wildman–Crippen MR) is 105 cm³/mol. The molecule has 1 heterocycles. The van der Waals surface area contributed by atoms with E-state index in [0.29, 0.717) is 6.42 Å². The number of hydrogen-bond donors (Lipinski definition) is 1. The van der Waals surface area contributed by atoms with E-state index in [2.05, 4.69) is 34.5 Å². The molecule has 1 saturated heterocycles. The fourth-order valence-electron chi connectivity index (χ4n) is 3.94. The lowest BCUT2D eigenvalue weighted by Crippen LogP contribution is -2.36. The number of fused-ring (bicyclic) bond motifs is 1. The van der Waals surface area contributed by atoms with Crippen molar-refractivity contribution < 1.29 is 9.53 Å². The second kappa shape index (κ2) is 7.92. The highest BCUT2D eigenvalue weighted by Crippen LogP contribution is 2.27. The van der Waals surface area contributed by atoms with E-state index in [-0.39, 0.29) is 5.91 Å². The monoisotopic (exact) mass is 350 g/mol. The molecular weight excluding hydrogens is 324 g/mol. The summed E-state index contributed by atoms with van der Waals surface area (Å²) >= 11 is 0. The van der Waals surface area contributed by atoms with Crippen LogP contribution in [0.15, 0.2) is 42.5 Å². The maximum Gasteiger partial charge on any atom is 0.228 e. The van der Waals surface area contributed by atoms with Gasteiger partial charge in [0.05, 0.1) is 31.0 Å². The van der Waals surface area contributed by atoms with Crippen LogP contribution in [-0.2, 0) is 28.8 Å². The Kier molecular flexibility index (Phi) is 5.21. The summed E-state index contributed by atoms with van der Waals surface area (Å²) in [5, 5.41) is 3.11. The van der Waals surface area contributed by atoms with Gasteiger partial charge >= 0.3 is 0 Å². The molecule has 4 nitrogen and oxygen atoms in total. The molecule has 1 aliphatic heterocycles. The summed E-state index contributed by atoms with van der Waals surface area (Å²) in [7, 11) is 0. The Morgan fingerprint density at radius 1 is 1.00 bits per heavy atom. The highest BCUT2D eigenvalue weighted by atomic mass is 16.5. The summed E-state index contributed by atoms with van der Waals surface area (Å²) in [6, 6.07) is 14.6. The van der Waals surface area contributed by atoms with Gasteiger partial charge < -0.3 is 15.0 Å². The molecule has 0 spiro atoms. The first-order chi connectivity index (χ1) is 12.8. The van der Waals surface area contributed by atoms with Crippen molar-refractivity contribution in [3.05, 3.63) is 59.2 Å². The Bertz CT molecular complexity index is 781. The first kappa shape index (κ1) is 17.1. The summed E-state index contributed by atoms with van der Waals surface area (Å²) in [5.41, 5.74) is 5.95. The minimum Gasteiger partial charge on any atom is -0.378 e. The summed E-state index contributed by atoms with van der Waals surface area (Å²) < 4.78 is 5.44. The fraction of sp³-hybridized carbons (Fsp3) is 0.409. The second-order valence-electron chi connectivity index (χ2n) is 7.15. The van der Waals surface area contributed by atoms with Gasteiger partial charge in [0.15, 0.2) is 0 Å². The second-order valence-corrected chi connectivity index (χ2v) is 7.15. The first-order valence-electron chi connectivity index (χ1n) is 9.62.